The molecule has 0 atom stereocenters. The minimum absolute atomic E-state index is 0.0777. The van der Waals surface area contributed by atoms with E-state index in [4.69, 9.17) is 4.74 Å². The van der Waals surface area contributed by atoms with E-state index in [1.54, 1.807) is 18.9 Å². The molecule has 1 N–H and O–H groups in total. The summed E-state index contributed by atoms with van der Waals surface area (Å²) in [4.78, 5) is 12.9. The lowest BCUT2D eigenvalue weighted by Crippen LogP contribution is -2.26. The summed E-state index contributed by atoms with van der Waals surface area (Å²) in [7, 11) is 1.68. The molecule has 0 bridgehead atoms. The lowest BCUT2D eigenvalue weighted by atomic mass is 10.1. The van der Waals surface area contributed by atoms with E-state index in [0.29, 0.717) is 12.3 Å². The predicted octanol–water partition coefficient (Wildman–Crippen LogP) is 3.54. The van der Waals surface area contributed by atoms with Crippen LogP contribution in [0.5, 0.6) is 5.75 Å². The number of aryl methyl sites for hydroxylation is 1. The van der Waals surface area contributed by atoms with E-state index < -0.39 is 0 Å². The molecule has 0 saturated carbocycles. The van der Waals surface area contributed by atoms with Gasteiger partial charge >= 0.3 is 0 Å². The topological polar surface area (TPSA) is 38.3 Å². The third kappa shape index (κ3) is 5.45. The van der Waals surface area contributed by atoms with E-state index in [-0.39, 0.29) is 5.91 Å². The second-order valence-corrected chi connectivity index (χ2v) is 5.92. The number of amides is 1. The summed E-state index contributed by atoms with van der Waals surface area (Å²) in [5.74, 6) is 1.45. The van der Waals surface area contributed by atoms with Gasteiger partial charge in [-0.3, -0.25) is 4.79 Å². The van der Waals surface area contributed by atoms with Crippen LogP contribution in [0.15, 0.2) is 59.5 Å². The number of rotatable bonds is 8. The van der Waals surface area contributed by atoms with Gasteiger partial charge in [0.2, 0.25) is 5.91 Å². The highest BCUT2D eigenvalue weighted by molar-refractivity contribution is 8.00. The summed E-state index contributed by atoms with van der Waals surface area (Å²) >= 11 is 1.56. The summed E-state index contributed by atoms with van der Waals surface area (Å²) in [5.41, 5.74) is 1.18. The standard InChI is InChI=1S/C18H21NO2S/c1-21-17-12-6-5-8-15(17)9-7-13-19-18(20)14-22-16-10-3-2-4-11-16/h2-6,8,10-12H,7,9,13-14H2,1H3,(H,19,20). The van der Waals surface area contributed by atoms with Crippen molar-refractivity contribution in [2.45, 2.75) is 17.7 Å². The zero-order valence-corrected chi connectivity index (χ0v) is 13.6. The van der Waals surface area contributed by atoms with Crippen molar-refractivity contribution in [3.05, 3.63) is 60.2 Å². The Bertz CT molecular complexity index is 587. The highest BCUT2D eigenvalue weighted by Gasteiger charge is 2.04. The molecule has 0 heterocycles. The van der Waals surface area contributed by atoms with Gasteiger partial charge in [0.05, 0.1) is 12.9 Å². The van der Waals surface area contributed by atoms with Gasteiger partial charge in [0.1, 0.15) is 5.75 Å². The van der Waals surface area contributed by atoms with E-state index in [9.17, 15) is 4.79 Å². The highest BCUT2D eigenvalue weighted by atomic mass is 32.2. The Hall–Kier alpha value is -1.94. The van der Waals surface area contributed by atoms with Crippen LogP contribution in [0.25, 0.3) is 0 Å². The van der Waals surface area contributed by atoms with Crippen LogP contribution in [0, 0.1) is 0 Å². The van der Waals surface area contributed by atoms with Crippen LogP contribution in [0.4, 0.5) is 0 Å². The Morgan fingerprint density at radius 2 is 1.82 bits per heavy atom. The summed E-state index contributed by atoms with van der Waals surface area (Å²) in [6.45, 7) is 0.687. The summed E-state index contributed by atoms with van der Waals surface area (Å²) < 4.78 is 5.32. The first-order chi connectivity index (χ1) is 10.8. The fraction of sp³-hybridized carbons (Fsp3) is 0.278. The normalized spacial score (nSPS) is 10.2. The number of hydrogen-bond acceptors (Lipinski definition) is 3. The molecular formula is C18H21NO2S. The number of carbonyl (C=O) groups excluding carboxylic acids is 1. The predicted molar refractivity (Wildman–Crippen MR) is 91.5 cm³/mol. The van der Waals surface area contributed by atoms with Crippen LogP contribution >= 0.6 is 11.8 Å². The van der Waals surface area contributed by atoms with Gasteiger partial charge in [0.15, 0.2) is 0 Å². The Balaban J connectivity index is 1.65. The number of hydrogen-bond donors (Lipinski definition) is 1. The Labute approximate surface area is 136 Å². The average molecular weight is 315 g/mol. The number of methoxy groups -OCH3 is 1. The number of para-hydroxylation sites is 1. The van der Waals surface area contributed by atoms with Gasteiger partial charge in [0, 0.05) is 11.4 Å². The van der Waals surface area contributed by atoms with Crippen molar-refractivity contribution >= 4 is 17.7 Å². The van der Waals surface area contributed by atoms with Gasteiger partial charge in [-0.15, -0.1) is 11.8 Å². The van der Waals surface area contributed by atoms with E-state index in [2.05, 4.69) is 11.4 Å². The maximum Gasteiger partial charge on any atom is 0.230 e. The molecule has 1 amide bonds. The lowest BCUT2D eigenvalue weighted by Gasteiger charge is -2.08. The summed E-state index contributed by atoms with van der Waals surface area (Å²) in [6.07, 6.45) is 1.80. The molecule has 0 aliphatic rings. The first-order valence-corrected chi connectivity index (χ1v) is 8.34. The molecule has 2 aromatic carbocycles. The average Bonchev–Trinajstić information content (AvgIpc) is 2.58. The molecule has 0 fully saturated rings. The van der Waals surface area contributed by atoms with Crippen molar-refractivity contribution in [1.29, 1.82) is 0 Å². The van der Waals surface area contributed by atoms with E-state index >= 15 is 0 Å². The van der Waals surface area contributed by atoms with Crippen molar-refractivity contribution in [2.24, 2.45) is 0 Å². The maximum absolute atomic E-state index is 11.8. The first-order valence-electron chi connectivity index (χ1n) is 7.36. The maximum atomic E-state index is 11.8. The van der Waals surface area contributed by atoms with Crippen LogP contribution in [-0.4, -0.2) is 25.3 Å². The third-order valence-corrected chi connectivity index (χ3v) is 4.26. The second kappa shape index (κ2) is 9.15. The number of ether oxygens (including phenoxy) is 1. The van der Waals surface area contributed by atoms with Crippen LogP contribution < -0.4 is 10.1 Å². The molecule has 0 unspecified atom stereocenters. The van der Waals surface area contributed by atoms with E-state index in [1.807, 2.05) is 48.5 Å². The molecule has 22 heavy (non-hydrogen) atoms. The molecule has 0 aromatic heterocycles. The van der Waals surface area contributed by atoms with Gasteiger partial charge in [-0.1, -0.05) is 36.4 Å². The minimum Gasteiger partial charge on any atom is -0.496 e. The van der Waals surface area contributed by atoms with Crippen molar-refractivity contribution in [3.63, 3.8) is 0 Å². The number of thioether (sulfide) groups is 1. The van der Waals surface area contributed by atoms with Gasteiger partial charge in [-0.05, 0) is 36.6 Å². The fourth-order valence-corrected chi connectivity index (χ4v) is 2.88. The molecule has 2 rings (SSSR count). The first kappa shape index (κ1) is 16.4. The van der Waals surface area contributed by atoms with Gasteiger partial charge in [0.25, 0.3) is 0 Å². The molecule has 0 radical (unpaired) electrons. The number of carbonyl (C=O) groups is 1. The third-order valence-electron chi connectivity index (χ3n) is 3.25. The quantitative estimate of drug-likeness (QED) is 0.598. The molecule has 0 spiro atoms. The largest absolute Gasteiger partial charge is 0.496 e. The number of nitrogens with one attached hydrogen (secondary N) is 1. The highest BCUT2D eigenvalue weighted by Crippen LogP contribution is 2.18. The Kier molecular flexibility index (Phi) is 6.84. The van der Waals surface area contributed by atoms with Crippen molar-refractivity contribution in [2.75, 3.05) is 19.4 Å². The SMILES string of the molecule is COc1ccccc1CCCNC(=O)CSc1ccccc1. The molecule has 0 aliphatic carbocycles. The minimum atomic E-state index is 0.0777. The van der Waals surface area contributed by atoms with Crippen LogP contribution in [-0.2, 0) is 11.2 Å². The van der Waals surface area contributed by atoms with Gasteiger partial charge in [-0.2, -0.15) is 0 Å². The summed E-state index contributed by atoms with van der Waals surface area (Å²) in [6, 6.07) is 18.0. The zero-order chi connectivity index (χ0) is 15.6. The Morgan fingerprint density at radius 3 is 2.59 bits per heavy atom. The molecule has 4 heteroatoms. The van der Waals surface area contributed by atoms with Crippen molar-refractivity contribution in [1.82, 2.24) is 5.32 Å². The van der Waals surface area contributed by atoms with Crippen LogP contribution in [0.3, 0.4) is 0 Å². The molecule has 0 aliphatic heterocycles. The summed E-state index contributed by atoms with van der Waals surface area (Å²) in [5, 5.41) is 2.96. The lowest BCUT2D eigenvalue weighted by molar-refractivity contribution is -0.118. The molecule has 0 saturated heterocycles. The molecule has 3 nitrogen and oxygen atoms in total. The molecule has 2 aromatic rings. The van der Waals surface area contributed by atoms with Crippen LogP contribution in [0.2, 0.25) is 0 Å². The molecule has 116 valence electrons. The van der Waals surface area contributed by atoms with Crippen molar-refractivity contribution < 1.29 is 9.53 Å². The molecular weight excluding hydrogens is 294 g/mol. The van der Waals surface area contributed by atoms with Gasteiger partial charge in [-0.25, -0.2) is 0 Å². The Morgan fingerprint density at radius 1 is 1.09 bits per heavy atom. The smallest absolute Gasteiger partial charge is 0.230 e. The van der Waals surface area contributed by atoms with Crippen molar-refractivity contribution in [3.8, 4) is 5.75 Å². The van der Waals surface area contributed by atoms with E-state index in [1.165, 1.54) is 5.56 Å². The number of benzene rings is 2. The zero-order valence-electron chi connectivity index (χ0n) is 12.7. The fourth-order valence-electron chi connectivity index (χ4n) is 2.13. The second-order valence-electron chi connectivity index (χ2n) is 4.87. The van der Waals surface area contributed by atoms with Crippen LogP contribution in [0.1, 0.15) is 12.0 Å². The van der Waals surface area contributed by atoms with E-state index in [0.717, 1.165) is 23.5 Å². The van der Waals surface area contributed by atoms with Gasteiger partial charge < -0.3 is 10.1 Å². The monoisotopic (exact) mass is 315 g/mol.